The van der Waals surface area contributed by atoms with Crippen LogP contribution in [0.3, 0.4) is 0 Å². The van der Waals surface area contributed by atoms with Gasteiger partial charge < -0.3 is 14.9 Å². The third-order valence-corrected chi connectivity index (χ3v) is 4.76. The van der Waals surface area contributed by atoms with Crippen molar-refractivity contribution in [2.75, 3.05) is 0 Å². The van der Waals surface area contributed by atoms with E-state index in [1.54, 1.807) is 29.0 Å². The first kappa shape index (κ1) is 21.7. The quantitative estimate of drug-likeness (QED) is 0.431. The Morgan fingerprint density at radius 1 is 1.27 bits per heavy atom. The summed E-state index contributed by atoms with van der Waals surface area (Å²) in [5.74, 6) is -0.731. The highest BCUT2D eigenvalue weighted by atomic mass is 19.1. The molecule has 2 unspecified atom stereocenters. The van der Waals surface area contributed by atoms with Crippen molar-refractivity contribution in [3.63, 3.8) is 0 Å². The Morgan fingerprint density at radius 2 is 1.97 bits per heavy atom. The fraction of sp³-hybridized carbons (Fsp3) is 0.304. The molecule has 0 saturated heterocycles. The van der Waals surface area contributed by atoms with Gasteiger partial charge >= 0.3 is 5.97 Å². The number of aromatic nitrogens is 2. The summed E-state index contributed by atoms with van der Waals surface area (Å²) in [7, 11) is 0. The fourth-order valence-electron chi connectivity index (χ4n) is 3.39. The molecule has 2 heterocycles. The molecule has 0 amide bonds. The van der Waals surface area contributed by atoms with E-state index in [1.165, 1.54) is 18.2 Å². The molecule has 0 saturated carbocycles. The van der Waals surface area contributed by atoms with Gasteiger partial charge in [-0.1, -0.05) is 18.2 Å². The zero-order chi connectivity index (χ0) is 21.8. The van der Waals surface area contributed by atoms with Gasteiger partial charge in [0.2, 0.25) is 5.88 Å². The van der Waals surface area contributed by atoms with Crippen molar-refractivity contribution in [1.29, 1.82) is 0 Å². The van der Waals surface area contributed by atoms with Crippen molar-refractivity contribution in [1.82, 2.24) is 9.55 Å². The van der Waals surface area contributed by atoms with Crippen molar-refractivity contribution in [2.45, 2.75) is 44.9 Å². The molecule has 0 aliphatic heterocycles. The van der Waals surface area contributed by atoms with Crippen molar-refractivity contribution < 1.29 is 24.1 Å². The van der Waals surface area contributed by atoms with E-state index in [2.05, 4.69) is 11.6 Å². The zero-order valence-corrected chi connectivity index (χ0v) is 17.0. The normalized spacial score (nSPS) is 13.4. The van der Waals surface area contributed by atoms with Crippen LogP contribution in [0.1, 0.15) is 32.7 Å². The molecule has 158 valence electrons. The van der Waals surface area contributed by atoms with E-state index in [-0.39, 0.29) is 30.6 Å². The van der Waals surface area contributed by atoms with E-state index in [9.17, 15) is 19.4 Å². The van der Waals surface area contributed by atoms with Gasteiger partial charge in [-0.15, -0.1) is 6.58 Å². The van der Waals surface area contributed by atoms with Crippen LogP contribution in [0.15, 0.2) is 55.3 Å². The van der Waals surface area contributed by atoms with Gasteiger partial charge in [0.05, 0.1) is 24.2 Å². The third-order valence-electron chi connectivity index (χ3n) is 4.76. The molecule has 0 fully saturated rings. The summed E-state index contributed by atoms with van der Waals surface area (Å²) in [6, 6.07) is 9.50. The van der Waals surface area contributed by atoms with E-state index in [4.69, 9.17) is 4.74 Å². The smallest absolute Gasteiger partial charge is 0.315 e. The van der Waals surface area contributed by atoms with Crippen LogP contribution in [0.2, 0.25) is 0 Å². The maximum Gasteiger partial charge on any atom is 0.315 e. The minimum Gasteiger partial charge on any atom is -0.408 e. The van der Waals surface area contributed by atoms with Crippen LogP contribution in [-0.4, -0.2) is 37.9 Å². The molecule has 0 spiro atoms. The summed E-state index contributed by atoms with van der Waals surface area (Å²) < 4.78 is 21.0. The van der Waals surface area contributed by atoms with Crippen molar-refractivity contribution >= 4 is 17.0 Å². The lowest BCUT2D eigenvalue weighted by Gasteiger charge is -2.16. The summed E-state index contributed by atoms with van der Waals surface area (Å²) in [5.41, 5.74) is 1.94. The molecule has 1 aromatic carbocycles. The standard InChI is InChI=1S/C23H25FN2O4/c1-4-17(27)12-18(28)13-20(29)30-23-21(15-7-9-16(24)10-8-15)19-6-5-11-25-22(19)26(23)14(2)3/h4-11,14,17-18,27-28H,1,12-13H2,2-3H3. The van der Waals surface area contributed by atoms with Crippen LogP contribution < -0.4 is 4.74 Å². The van der Waals surface area contributed by atoms with Crippen LogP contribution in [0.5, 0.6) is 5.88 Å². The Morgan fingerprint density at radius 3 is 2.60 bits per heavy atom. The van der Waals surface area contributed by atoms with Gasteiger partial charge in [-0.25, -0.2) is 9.37 Å². The van der Waals surface area contributed by atoms with Crippen LogP contribution in [0.4, 0.5) is 4.39 Å². The van der Waals surface area contributed by atoms with Gasteiger partial charge in [0, 0.05) is 24.0 Å². The number of nitrogens with zero attached hydrogens (tertiary/aromatic N) is 2. The van der Waals surface area contributed by atoms with Gasteiger partial charge in [-0.05, 0) is 43.7 Å². The number of halogens is 1. The second-order valence-electron chi connectivity index (χ2n) is 7.40. The Hall–Kier alpha value is -3.03. The second-order valence-corrected chi connectivity index (χ2v) is 7.40. The number of pyridine rings is 1. The number of hydrogen-bond donors (Lipinski definition) is 2. The second kappa shape index (κ2) is 9.19. The number of aliphatic hydroxyl groups excluding tert-OH is 2. The Labute approximate surface area is 174 Å². The number of esters is 1. The van der Waals surface area contributed by atoms with Crippen molar-refractivity contribution in [3.8, 4) is 17.0 Å². The number of benzene rings is 1. The van der Waals surface area contributed by atoms with Gasteiger partial charge in [0.1, 0.15) is 11.5 Å². The number of carbonyl (C=O) groups excluding carboxylic acids is 1. The summed E-state index contributed by atoms with van der Waals surface area (Å²) >= 11 is 0. The molecule has 3 aromatic rings. The predicted molar refractivity (Wildman–Crippen MR) is 113 cm³/mol. The third kappa shape index (κ3) is 4.58. The first-order valence-corrected chi connectivity index (χ1v) is 9.76. The highest BCUT2D eigenvalue weighted by molar-refractivity contribution is 5.99. The van der Waals surface area contributed by atoms with Crippen LogP contribution in [0.25, 0.3) is 22.2 Å². The first-order valence-electron chi connectivity index (χ1n) is 9.76. The minimum atomic E-state index is -1.07. The van der Waals surface area contributed by atoms with Crippen LogP contribution >= 0.6 is 0 Å². The minimum absolute atomic E-state index is 0.0157. The molecule has 0 aliphatic rings. The van der Waals surface area contributed by atoms with Crippen molar-refractivity contribution in [3.05, 3.63) is 61.1 Å². The number of aliphatic hydroxyl groups is 2. The van der Waals surface area contributed by atoms with E-state index in [1.807, 2.05) is 19.9 Å². The molecule has 2 aromatic heterocycles. The lowest BCUT2D eigenvalue weighted by Crippen LogP contribution is -2.23. The summed E-state index contributed by atoms with van der Waals surface area (Å²) in [6.45, 7) is 7.33. The lowest BCUT2D eigenvalue weighted by atomic mass is 10.1. The molecule has 30 heavy (non-hydrogen) atoms. The van der Waals surface area contributed by atoms with E-state index >= 15 is 0 Å². The van der Waals surface area contributed by atoms with E-state index in [0.717, 1.165) is 5.39 Å². The lowest BCUT2D eigenvalue weighted by molar-refractivity contribution is -0.137. The molecule has 3 rings (SSSR count). The number of ether oxygens (including phenoxy) is 1. The number of hydrogen-bond acceptors (Lipinski definition) is 5. The number of fused-ring (bicyclic) bond motifs is 1. The average Bonchev–Trinajstić information content (AvgIpc) is 3.02. The Bertz CT molecular complexity index is 1040. The number of carbonyl (C=O) groups is 1. The molecule has 7 heteroatoms. The molecule has 0 bridgehead atoms. The van der Waals surface area contributed by atoms with Gasteiger partial charge in [0.15, 0.2) is 0 Å². The summed E-state index contributed by atoms with van der Waals surface area (Å²) in [6.07, 6.45) is 0.660. The van der Waals surface area contributed by atoms with Crippen LogP contribution in [0, 0.1) is 5.82 Å². The fourth-order valence-corrected chi connectivity index (χ4v) is 3.39. The average molecular weight is 412 g/mol. The molecule has 0 radical (unpaired) electrons. The molecule has 0 aliphatic carbocycles. The predicted octanol–water partition coefficient (Wildman–Crippen LogP) is 4.02. The topological polar surface area (TPSA) is 84.6 Å². The highest BCUT2D eigenvalue weighted by Gasteiger charge is 2.25. The zero-order valence-electron chi connectivity index (χ0n) is 17.0. The molecule has 2 atom stereocenters. The molecular formula is C23H25FN2O4. The number of rotatable bonds is 8. The molecular weight excluding hydrogens is 387 g/mol. The molecule has 6 nitrogen and oxygen atoms in total. The van der Waals surface area contributed by atoms with Gasteiger partial charge in [0.25, 0.3) is 0 Å². The Balaban J connectivity index is 2.05. The maximum absolute atomic E-state index is 13.5. The van der Waals surface area contributed by atoms with Gasteiger partial charge in [-0.3, -0.25) is 9.36 Å². The van der Waals surface area contributed by atoms with Crippen molar-refractivity contribution in [2.24, 2.45) is 0 Å². The maximum atomic E-state index is 13.5. The first-order chi connectivity index (χ1) is 14.3. The summed E-state index contributed by atoms with van der Waals surface area (Å²) in [5, 5.41) is 20.4. The highest BCUT2D eigenvalue weighted by Crippen LogP contribution is 2.41. The molecule has 2 N–H and O–H groups in total. The van der Waals surface area contributed by atoms with Crippen LogP contribution in [-0.2, 0) is 4.79 Å². The Kier molecular flexibility index (Phi) is 6.64. The van der Waals surface area contributed by atoms with E-state index in [0.29, 0.717) is 16.8 Å². The van der Waals surface area contributed by atoms with Gasteiger partial charge in [-0.2, -0.15) is 0 Å². The summed E-state index contributed by atoms with van der Waals surface area (Å²) in [4.78, 5) is 17.0. The SMILES string of the molecule is C=CC(O)CC(O)CC(=O)Oc1c(-c2ccc(F)cc2)c2cccnc2n1C(C)C. The van der Waals surface area contributed by atoms with E-state index < -0.39 is 18.2 Å². The largest absolute Gasteiger partial charge is 0.408 e. The monoisotopic (exact) mass is 412 g/mol.